The third kappa shape index (κ3) is 7.25. The van der Waals surface area contributed by atoms with Gasteiger partial charge in [-0.25, -0.2) is 4.79 Å². The molecule has 2 N–H and O–H groups in total. The van der Waals surface area contributed by atoms with Gasteiger partial charge in [-0.05, 0) is 35.7 Å². The lowest BCUT2D eigenvalue weighted by atomic mass is 9.98. The van der Waals surface area contributed by atoms with Crippen LogP contribution in [0.5, 0.6) is 0 Å². The van der Waals surface area contributed by atoms with E-state index in [4.69, 9.17) is 4.43 Å². The van der Waals surface area contributed by atoms with Crippen LogP contribution < -0.4 is 22.1 Å². The second-order valence-electron chi connectivity index (χ2n) is 12.0. The molecule has 0 bridgehead atoms. The second-order valence-corrected chi connectivity index (χ2v) is 16.8. The fourth-order valence-corrected chi connectivity index (χ4v) is 5.40. The SMILES string of the molecule is CC(C)C(NC(=O)Cn1ccc2c(=O)n(Cc3ccccc3)c(=O)[nH]c2c1=O)C(O[Si](C)(C)C(C)(C)C)C(F)(F)F. The molecule has 0 spiro atoms. The highest BCUT2D eigenvalue weighted by Gasteiger charge is 2.52. The molecule has 1 aromatic carbocycles. The van der Waals surface area contributed by atoms with E-state index in [0.29, 0.717) is 5.56 Å². The number of amides is 1. The van der Waals surface area contributed by atoms with Gasteiger partial charge >= 0.3 is 11.9 Å². The molecule has 0 aliphatic carbocycles. The van der Waals surface area contributed by atoms with Gasteiger partial charge in [0.05, 0.1) is 18.0 Å². The highest BCUT2D eigenvalue weighted by molar-refractivity contribution is 6.74. The van der Waals surface area contributed by atoms with E-state index < -0.39 is 66.9 Å². The van der Waals surface area contributed by atoms with Gasteiger partial charge in [0, 0.05) is 6.20 Å². The maximum absolute atomic E-state index is 14.2. The van der Waals surface area contributed by atoms with Crippen LogP contribution >= 0.6 is 0 Å². The molecule has 13 heteroatoms. The number of aromatic nitrogens is 3. The average Bonchev–Trinajstić information content (AvgIpc) is 2.85. The number of carbonyl (C=O) groups is 1. The minimum absolute atomic E-state index is 0.00958. The van der Waals surface area contributed by atoms with Gasteiger partial charge in [0.1, 0.15) is 12.1 Å². The number of halogens is 3. The monoisotopic (exact) mass is 594 g/mol. The van der Waals surface area contributed by atoms with Crippen molar-refractivity contribution in [1.29, 1.82) is 0 Å². The fraction of sp³-hybridized carbons (Fsp3) is 0.500. The second kappa shape index (κ2) is 11.8. The highest BCUT2D eigenvalue weighted by atomic mass is 28.4. The zero-order valence-corrected chi connectivity index (χ0v) is 25.3. The predicted octanol–water partition coefficient (Wildman–Crippen LogP) is 3.99. The van der Waals surface area contributed by atoms with E-state index in [1.165, 1.54) is 12.3 Å². The van der Waals surface area contributed by atoms with Crippen LogP contribution in [0.15, 0.2) is 57.0 Å². The first-order chi connectivity index (χ1) is 18.8. The van der Waals surface area contributed by atoms with Crippen LogP contribution in [0, 0.1) is 5.92 Å². The fourth-order valence-electron chi connectivity index (χ4n) is 4.14. The van der Waals surface area contributed by atoms with Gasteiger partial charge in [0.25, 0.3) is 11.1 Å². The number of aromatic amines is 1. The van der Waals surface area contributed by atoms with Gasteiger partial charge < -0.3 is 19.3 Å². The van der Waals surface area contributed by atoms with E-state index in [1.54, 1.807) is 57.3 Å². The minimum atomic E-state index is -4.75. The molecule has 224 valence electrons. The molecule has 0 saturated carbocycles. The van der Waals surface area contributed by atoms with Gasteiger partial charge in [0.15, 0.2) is 14.4 Å². The maximum atomic E-state index is 14.2. The zero-order chi connectivity index (χ0) is 30.9. The van der Waals surface area contributed by atoms with Gasteiger partial charge in [-0.1, -0.05) is 65.0 Å². The van der Waals surface area contributed by atoms with E-state index in [2.05, 4.69) is 10.3 Å². The number of H-pyrrole nitrogens is 1. The molecule has 2 atom stereocenters. The van der Waals surface area contributed by atoms with Crippen LogP contribution in [0.25, 0.3) is 10.9 Å². The maximum Gasteiger partial charge on any atom is 0.415 e. The van der Waals surface area contributed by atoms with E-state index in [9.17, 15) is 32.3 Å². The summed E-state index contributed by atoms with van der Waals surface area (Å²) >= 11 is 0. The van der Waals surface area contributed by atoms with Crippen molar-refractivity contribution in [3.05, 3.63) is 79.4 Å². The molecule has 2 aromatic heterocycles. The van der Waals surface area contributed by atoms with E-state index in [0.717, 1.165) is 9.13 Å². The number of fused-ring (bicyclic) bond motifs is 1. The van der Waals surface area contributed by atoms with Crippen molar-refractivity contribution in [3.8, 4) is 0 Å². The minimum Gasteiger partial charge on any atom is -0.404 e. The summed E-state index contributed by atoms with van der Waals surface area (Å²) in [6.45, 7) is 11.3. The Kier molecular flexibility index (Phi) is 9.23. The molecule has 1 amide bonds. The Hall–Kier alpha value is -3.45. The molecule has 0 aliphatic rings. The molecule has 0 saturated heterocycles. The number of carbonyl (C=O) groups excluding carboxylic acids is 1. The van der Waals surface area contributed by atoms with Gasteiger partial charge in [-0.15, -0.1) is 0 Å². The molecule has 41 heavy (non-hydrogen) atoms. The number of nitrogens with one attached hydrogen (secondary N) is 2. The van der Waals surface area contributed by atoms with Crippen LogP contribution in [0.4, 0.5) is 13.2 Å². The van der Waals surface area contributed by atoms with Crippen molar-refractivity contribution in [3.63, 3.8) is 0 Å². The molecule has 2 heterocycles. The summed E-state index contributed by atoms with van der Waals surface area (Å²) in [5.41, 5.74) is -1.91. The third-order valence-corrected chi connectivity index (χ3v) is 12.0. The lowest BCUT2D eigenvalue weighted by Crippen LogP contribution is -2.59. The molecular formula is C28H37F3N4O5Si. The zero-order valence-electron chi connectivity index (χ0n) is 24.3. The predicted molar refractivity (Wildman–Crippen MR) is 154 cm³/mol. The lowest BCUT2D eigenvalue weighted by molar-refractivity contribution is -0.210. The molecule has 0 aliphatic heterocycles. The molecule has 2 unspecified atom stereocenters. The van der Waals surface area contributed by atoms with Crippen LogP contribution in [0.3, 0.4) is 0 Å². The standard InChI is InChI=1S/C28H37F3N4O5Si/c1-17(2)21(23(28(29,30)31)40-41(6,7)27(3,4)5)32-20(36)16-34-14-13-19-22(25(34)38)33-26(39)35(24(19)37)15-18-11-9-8-10-12-18/h8-14,17,21,23H,15-16H2,1-7H3,(H,32,36)(H,33,39). The number of hydrogen-bond acceptors (Lipinski definition) is 5. The Morgan fingerprint density at radius 3 is 2.17 bits per heavy atom. The Morgan fingerprint density at radius 2 is 1.63 bits per heavy atom. The summed E-state index contributed by atoms with van der Waals surface area (Å²) in [6, 6.07) is 8.69. The van der Waals surface area contributed by atoms with Gasteiger partial charge in [0.2, 0.25) is 5.91 Å². The number of nitrogens with zero attached hydrogens (tertiary/aromatic N) is 2. The Morgan fingerprint density at radius 1 is 1.02 bits per heavy atom. The topological polar surface area (TPSA) is 115 Å². The summed E-state index contributed by atoms with van der Waals surface area (Å²) in [5.74, 6) is -1.50. The Bertz CT molecular complexity index is 1570. The number of rotatable bonds is 9. The molecule has 9 nitrogen and oxygen atoms in total. The molecule has 3 aromatic rings. The van der Waals surface area contributed by atoms with E-state index in [1.807, 2.05) is 20.8 Å². The third-order valence-electron chi connectivity index (χ3n) is 7.54. The quantitative estimate of drug-likeness (QED) is 0.364. The number of benzene rings is 1. The molecular weight excluding hydrogens is 557 g/mol. The van der Waals surface area contributed by atoms with Crippen molar-refractivity contribution in [2.45, 2.75) is 84.2 Å². The first-order valence-electron chi connectivity index (χ1n) is 13.3. The van der Waals surface area contributed by atoms with Crippen molar-refractivity contribution in [2.24, 2.45) is 5.92 Å². The summed E-state index contributed by atoms with van der Waals surface area (Å²) in [5, 5.41) is 1.86. The number of hydrogen-bond donors (Lipinski definition) is 2. The van der Waals surface area contributed by atoms with Gasteiger partial charge in [-0.2, -0.15) is 13.2 Å². The van der Waals surface area contributed by atoms with Crippen LogP contribution in [0.1, 0.15) is 40.2 Å². The summed E-state index contributed by atoms with van der Waals surface area (Å²) < 4.78 is 50.4. The van der Waals surface area contributed by atoms with Crippen molar-refractivity contribution >= 4 is 25.1 Å². The van der Waals surface area contributed by atoms with Crippen LogP contribution in [0.2, 0.25) is 18.1 Å². The smallest absolute Gasteiger partial charge is 0.404 e. The molecule has 3 rings (SSSR count). The van der Waals surface area contributed by atoms with Crippen molar-refractivity contribution in [2.75, 3.05) is 0 Å². The summed E-state index contributed by atoms with van der Waals surface area (Å²) in [6.07, 6.45) is -5.80. The molecule has 0 fully saturated rings. The summed E-state index contributed by atoms with van der Waals surface area (Å²) in [7, 11) is -2.88. The summed E-state index contributed by atoms with van der Waals surface area (Å²) in [4.78, 5) is 54.2. The number of pyridine rings is 1. The normalized spacial score (nSPS) is 14.3. The first-order valence-corrected chi connectivity index (χ1v) is 16.2. The average molecular weight is 595 g/mol. The number of alkyl halides is 3. The molecule has 0 radical (unpaired) electrons. The lowest BCUT2D eigenvalue weighted by Gasteiger charge is -2.42. The van der Waals surface area contributed by atoms with Crippen molar-refractivity contribution in [1.82, 2.24) is 19.4 Å². The van der Waals surface area contributed by atoms with E-state index in [-0.39, 0.29) is 17.4 Å². The van der Waals surface area contributed by atoms with Crippen LogP contribution in [-0.4, -0.2) is 46.7 Å². The van der Waals surface area contributed by atoms with Crippen LogP contribution in [-0.2, 0) is 22.3 Å². The Balaban J connectivity index is 1.91. The van der Waals surface area contributed by atoms with Crippen molar-refractivity contribution < 1.29 is 22.4 Å². The highest BCUT2D eigenvalue weighted by Crippen LogP contribution is 2.41. The Labute approximate surface area is 236 Å². The first kappa shape index (κ1) is 32.1. The largest absolute Gasteiger partial charge is 0.415 e. The van der Waals surface area contributed by atoms with E-state index >= 15 is 0 Å². The van der Waals surface area contributed by atoms with Gasteiger partial charge in [-0.3, -0.25) is 19.0 Å².